The molecule has 0 spiro atoms. The molecule has 154 valence electrons. The molecule has 7 nitrogen and oxygen atoms in total. The average Bonchev–Trinajstić information content (AvgIpc) is 3.02. The second-order valence-electron chi connectivity index (χ2n) is 7.05. The Kier molecular flexibility index (Phi) is 5.66. The Labute approximate surface area is 171 Å². The molecule has 0 aliphatic carbocycles. The summed E-state index contributed by atoms with van der Waals surface area (Å²) in [6.45, 7) is 1.92. The lowest BCUT2D eigenvalue weighted by Crippen LogP contribution is -2.41. The summed E-state index contributed by atoms with van der Waals surface area (Å²) in [4.78, 5) is 14.8. The summed E-state index contributed by atoms with van der Waals surface area (Å²) in [5, 5.41) is 1.12. The van der Waals surface area contributed by atoms with Gasteiger partial charge >= 0.3 is 0 Å². The van der Waals surface area contributed by atoms with E-state index in [0.29, 0.717) is 5.69 Å². The van der Waals surface area contributed by atoms with Gasteiger partial charge in [0, 0.05) is 30.8 Å². The highest BCUT2D eigenvalue weighted by molar-refractivity contribution is 7.94. The summed E-state index contributed by atoms with van der Waals surface area (Å²) in [5.41, 5.74) is 1.84. The van der Waals surface area contributed by atoms with Gasteiger partial charge in [0.25, 0.3) is 5.91 Å². The minimum absolute atomic E-state index is 0.0734. The van der Waals surface area contributed by atoms with Crippen LogP contribution in [0.25, 0.3) is 0 Å². The van der Waals surface area contributed by atoms with Crippen LogP contribution in [0.15, 0.2) is 64.9 Å². The van der Waals surface area contributed by atoms with Gasteiger partial charge in [0.15, 0.2) is 9.84 Å². The second kappa shape index (κ2) is 7.74. The van der Waals surface area contributed by atoms with E-state index in [9.17, 15) is 21.6 Å². The number of carbonyl (C=O) groups is 1. The first-order valence-electron chi connectivity index (χ1n) is 8.85. The minimum Gasteiger partial charge on any atom is -0.300 e. The van der Waals surface area contributed by atoms with E-state index in [-0.39, 0.29) is 16.2 Å². The van der Waals surface area contributed by atoms with E-state index in [1.54, 1.807) is 12.1 Å². The number of anilines is 1. The lowest BCUT2D eigenvalue weighted by molar-refractivity contribution is 0.0983. The maximum absolute atomic E-state index is 13.3. The molecule has 1 aliphatic heterocycles. The van der Waals surface area contributed by atoms with E-state index in [4.69, 9.17) is 0 Å². The number of sulfone groups is 1. The van der Waals surface area contributed by atoms with Crippen LogP contribution in [-0.4, -0.2) is 52.9 Å². The molecule has 0 saturated heterocycles. The highest BCUT2D eigenvalue weighted by Crippen LogP contribution is 2.26. The van der Waals surface area contributed by atoms with Crippen LogP contribution in [0.5, 0.6) is 0 Å². The molecule has 9 heteroatoms. The Morgan fingerprint density at radius 3 is 2.07 bits per heavy atom. The molecular formula is C20H22N2O5S2. The molecule has 0 radical (unpaired) electrons. The minimum atomic E-state index is -3.61. The quantitative estimate of drug-likeness (QED) is 0.719. The van der Waals surface area contributed by atoms with Crippen molar-refractivity contribution in [3.8, 4) is 0 Å². The van der Waals surface area contributed by atoms with Crippen LogP contribution in [-0.2, 0) is 19.9 Å². The average molecular weight is 435 g/mol. The summed E-state index contributed by atoms with van der Waals surface area (Å²) in [6, 6.07) is 12.2. The second-order valence-corrected chi connectivity index (χ2v) is 11.1. The van der Waals surface area contributed by atoms with Gasteiger partial charge in [0.2, 0.25) is 10.0 Å². The molecular weight excluding hydrogens is 412 g/mol. The van der Waals surface area contributed by atoms with Gasteiger partial charge in [-0.3, -0.25) is 4.79 Å². The van der Waals surface area contributed by atoms with Crippen LogP contribution in [0, 0.1) is 6.92 Å². The Bertz CT molecular complexity index is 1150. The first-order chi connectivity index (χ1) is 13.5. The van der Waals surface area contributed by atoms with Crippen LogP contribution in [0.1, 0.15) is 15.9 Å². The SMILES string of the molecule is Cc1ccc(N(C(=O)c2ccc(S(=O)(=O)N(C)C)cc2)[C@@H]2C=CS(=O)(=O)C2)cc1. The van der Waals surface area contributed by atoms with Crippen LogP contribution in [0.2, 0.25) is 0 Å². The topological polar surface area (TPSA) is 91.8 Å². The Morgan fingerprint density at radius 1 is 1.00 bits per heavy atom. The standard InChI is InChI=1S/C20H22N2O5S2/c1-15-4-8-17(9-5-15)22(18-12-13-28(24,25)14-18)20(23)16-6-10-19(11-7-16)29(26,27)21(2)3/h4-13,18H,14H2,1-3H3/t18-/m1/s1. The molecule has 0 fully saturated rings. The van der Waals surface area contributed by atoms with Gasteiger partial charge < -0.3 is 4.90 Å². The van der Waals surface area contributed by atoms with E-state index in [2.05, 4.69) is 0 Å². The third-order valence-corrected chi connectivity index (χ3v) is 7.86. The molecule has 0 N–H and O–H groups in total. The third-order valence-electron chi connectivity index (χ3n) is 4.65. The highest BCUT2D eigenvalue weighted by Gasteiger charge is 2.32. The summed E-state index contributed by atoms with van der Waals surface area (Å²) < 4.78 is 49.4. The fraction of sp³-hybridized carbons (Fsp3) is 0.250. The maximum atomic E-state index is 13.3. The van der Waals surface area contributed by atoms with Crippen molar-refractivity contribution in [2.45, 2.75) is 17.9 Å². The third kappa shape index (κ3) is 4.42. The fourth-order valence-corrected chi connectivity index (χ4v) is 5.17. The summed E-state index contributed by atoms with van der Waals surface area (Å²) in [5.74, 6) is -0.603. The Morgan fingerprint density at radius 2 is 1.59 bits per heavy atom. The predicted molar refractivity (Wildman–Crippen MR) is 112 cm³/mol. The monoisotopic (exact) mass is 434 g/mol. The molecule has 0 saturated carbocycles. The van der Waals surface area contributed by atoms with Crippen molar-refractivity contribution in [1.29, 1.82) is 0 Å². The van der Waals surface area contributed by atoms with Gasteiger partial charge in [-0.1, -0.05) is 17.7 Å². The zero-order chi connectivity index (χ0) is 21.4. The van der Waals surface area contributed by atoms with Crippen molar-refractivity contribution in [1.82, 2.24) is 4.31 Å². The van der Waals surface area contributed by atoms with E-state index in [1.807, 2.05) is 19.1 Å². The van der Waals surface area contributed by atoms with Crippen molar-refractivity contribution < 1.29 is 21.6 Å². The predicted octanol–water partition coefficient (Wildman–Crippen LogP) is 2.20. The molecule has 0 bridgehead atoms. The van der Waals surface area contributed by atoms with Gasteiger partial charge in [0.05, 0.1) is 16.7 Å². The highest BCUT2D eigenvalue weighted by atomic mass is 32.2. The first-order valence-corrected chi connectivity index (χ1v) is 12.0. The van der Waals surface area contributed by atoms with Crippen molar-refractivity contribution >= 4 is 31.5 Å². The molecule has 1 amide bonds. The zero-order valence-electron chi connectivity index (χ0n) is 16.3. The molecule has 29 heavy (non-hydrogen) atoms. The number of rotatable bonds is 5. The van der Waals surface area contributed by atoms with E-state index in [1.165, 1.54) is 49.3 Å². The number of sulfonamides is 1. The van der Waals surface area contributed by atoms with Crippen molar-refractivity contribution in [2.75, 3.05) is 24.7 Å². The molecule has 1 aliphatic rings. The van der Waals surface area contributed by atoms with Crippen LogP contribution in [0.3, 0.4) is 0 Å². The van der Waals surface area contributed by atoms with Crippen LogP contribution in [0.4, 0.5) is 5.69 Å². The van der Waals surface area contributed by atoms with Gasteiger partial charge in [-0.2, -0.15) is 0 Å². The molecule has 3 rings (SSSR count). The number of benzene rings is 2. The van der Waals surface area contributed by atoms with Gasteiger partial charge in [-0.15, -0.1) is 0 Å². The largest absolute Gasteiger partial charge is 0.300 e. The lowest BCUT2D eigenvalue weighted by atomic mass is 10.1. The van der Waals surface area contributed by atoms with Gasteiger partial charge in [-0.05, 0) is 49.4 Å². The molecule has 0 aromatic heterocycles. The first kappa shape index (κ1) is 21.2. The lowest BCUT2D eigenvalue weighted by Gasteiger charge is -2.28. The molecule has 2 aromatic carbocycles. The normalized spacial score (nSPS) is 18.1. The number of hydrogen-bond donors (Lipinski definition) is 0. The summed E-state index contributed by atoms with van der Waals surface area (Å²) in [7, 11) is -4.11. The Hall–Kier alpha value is -2.49. The summed E-state index contributed by atoms with van der Waals surface area (Å²) in [6.07, 6.45) is 1.50. The van der Waals surface area contributed by atoms with E-state index >= 15 is 0 Å². The molecule has 2 aromatic rings. The summed E-state index contributed by atoms with van der Waals surface area (Å²) >= 11 is 0. The molecule has 1 heterocycles. The van der Waals surface area contributed by atoms with Crippen LogP contribution < -0.4 is 4.90 Å². The van der Waals surface area contributed by atoms with Crippen molar-refractivity contribution in [2.24, 2.45) is 0 Å². The fourth-order valence-electron chi connectivity index (χ4n) is 3.00. The van der Waals surface area contributed by atoms with E-state index in [0.717, 1.165) is 15.3 Å². The van der Waals surface area contributed by atoms with Gasteiger partial charge in [0.1, 0.15) is 0 Å². The number of carbonyl (C=O) groups excluding carboxylic acids is 1. The maximum Gasteiger partial charge on any atom is 0.258 e. The number of hydrogen-bond acceptors (Lipinski definition) is 5. The van der Waals surface area contributed by atoms with E-state index < -0.39 is 31.8 Å². The zero-order valence-corrected chi connectivity index (χ0v) is 17.9. The molecule has 1 atom stereocenters. The number of amides is 1. The molecule has 0 unspecified atom stereocenters. The Balaban J connectivity index is 1.99. The van der Waals surface area contributed by atoms with Crippen molar-refractivity contribution in [3.63, 3.8) is 0 Å². The van der Waals surface area contributed by atoms with Crippen molar-refractivity contribution in [3.05, 3.63) is 71.1 Å². The van der Waals surface area contributed by atoms with Gasteiger partial charge in [-0.25, -0.2) is 21.1 Å². The number of nitrogens with zero attached hydrogens (tertiary/aromatic N) is 2. The van der Waals surface area contributed by atoms with Crippen LogP contribution >= 0.6 is 0 Å². The smallest absolute Gasteiger partial charge is 0.258 e. The number of aryl methyl sites for hydroxylation is 1.